The van der Waals surface area contributed by atoms with E-state index in [1.807, 2.05) is 6.07 Å². The van der Waals surface area contributed by atoms with E-state index in [4.69, 9.17) is 32.7 Å². The Morgan fingerprint density at radius 2 is 1.97 bits per heavy atom. The molecule has 6 nitrogen and oxygen atoms in total. The van der Waals surface area contributed by atoms with E-state index in [1.54, 1.807) is 35.2 Å². The minimum atomic E-state index is -0.388. The smallest absolute Gasteiger partial charge is 0.337 e. The Morgan fingerprint density at radius 3 is 2.72 bits per heavy atom. The average Bonchev–Trinajstić information content (AvgIpc) is 3.10. The van der Waals surface area contributed by atoms with Crippen LogP contribution in [0.2, 0.25) is 10.0 Å². The Bertz CT molecular complexity index is 1110. The molecule has 1 aliphatic rings. The number of hydrogen-bond donors (Lipinski definition) is 1. The second kappa shape index (κ2) is 7.97. The maximum atomic E-state index is 12.7. The molecule has 3 aromatic rings. The largest absolute Gasteiger partial charge is 0.484 e. The number of nitrogens with one attached hydrogen (secondary N) is 1. The van der Waals surface area contributed by atoms with Crippen molar-refractivity contribution in [3.8, 4) is 5.75 Å². The van der Waals surface area contributed by atoms with Crippen molar-refractivity contribution in [2.45, 2.75) is 13.0 Å². The molecule has 1 N–H and O–H groups in total. The number of benzene rings is 2. The van der Waals surface area contributed by atoms with Gasteiger partial charge in [0.1, 0.15) is 5.75 Å². The SMILES string of the molecule is COC(=O)c1ccc2[nH]c3c(c2c1)CN(C(=O)COc1ccc(Cl)c(Cl)c1)CC3. The third-order valence-electron chi connectivity index (χ3n) is 5.00. The van der Waals surface area contributed by atoms with Gasteiger partial charge in [-0.2, -0.15) is 0 Å². The number of fused-ring (bicyclic) bond motifs is 3. The van der Waals surface area contributed by atoms with Crippen molar-refractivity contribution in [1.29, 1.82) is 0 Å². The summed E-state index contributed by atoms with van der Waals surface area (Å²) in [6.07, 6.45) is 0.704. The maximum Gasteiger partial charge on any atom is 0.337 e. The molecule has 0 aliphatic carbocycles. The highest BCUT2D eigenvalue weighted by Gasteiger charge is 2.25. The van der Waals surface area contributed by atoms with Crippen molar-refractivity contribution in [2.75, 3.05) is 20.3 Å². The summed E-state index contributed by atoms with van der Waals surface area (Å²) in [5.74, 6) is -0.0268. The van der Waals surface area contributed by atoms with E-state index in [1.165, 1.54) is 7.11 Å². The fourth-order valence-corrected chi connectivity index (χ4v) is 3.76. The summed E-state index contributed by atoms with van der Waals surface area (Å²) in [5, 5.41) is 1.73. The highest BCUT2D eigenvalue weighted by molar-refractivity contribution is 6.42. The number of amides is 1. The van der Waals surface area contributed by atoms with Gasteiger partial charge in [0.2, 0.25) is 0 Å². The molecule has 0 unspecified atom stereocenters. The second-order valence-electron chi connectivity index (χ2n) is 6.76. The van der Waals surface area contributed by atoms with Gasteiger partial charge < -0.3 is 19.4 Å². The molecule has 2 aromatic carbocycles. The fraction of sp³-hybridized carbons (Fsp3) is 0.238. The van der Waals surface area contributed by atoms with Gasteiger partial charge in [-0.05, 0) is 30.3 Å². The number of H-pyrrole nitrogens is 1. The van der Waals surface area contributed by atoms with Crippen molar-refractivity contribution < 1.29 is 19.1 Å². The number of esters is 1. The highest BCUT2D eigenvalue weighted by atomic mass is 35.5. The van der Waals surface area contributed by atoms with Crippen molar-refractivity contribution >= 4 is 46.0 Å². The van der Waals surface area contributed by atoms with E-state index in [0.717, 1.165) is 22.2 Å². The lowest BCUT2D eigenvalue weighted by molar-refractivity contribution is -0.134. The van der Waals surface area contributed by atoms with E-state index in [-0.39, 0.29) is 18.5 Å². The molecule has 0 spiro atoms. The van der Waals surface area contributed by atoms with Crippen LogP contribution in [0.3, 0.4) is 0 Å². The van der Waals surface area contributed by atoms with Crippen LogP contribution in [-0.2, 0) is 22.5 Å². The lowest BCUT2D eigenvalue weighted by Crippen LogP contribution is -2.38. The van der Waals surface area contributed by atoms with Crippen LogP contribution >= 0.6 is 23.2 Å². The Balaban J connectivity index is 1.50. The van der Waals surface area contributed by atoms with Crippen molar-refractivity contribution in [3.63, 3.8) is 0 Å². The van der Waals surface area contributed by atoms with Crippen molar-refractivity contribution in [3.05, 3.63) is 63.3 Å². The highest BCUT2D eigenvalue weighted by Crippen LogP contribution is 2.29. The van der Waals surface area contributed by atoms with E-state index < -0.39 is 0 Å². The Labute approximate surface area is 177 Å². The molecule has 2 heterocycles. The molecule has 29 heavy (non-hydrogen) atoms. The third-order valence-corrected chi connectivity index (χ3v) is 5.74. The molecule has 0 atom stereocenters. The van der Waals surface area contributed by atoms with E-state index >= 15 is 0 Å². The second-order valence-corrected chi connectivity index (χ2v) is 7.58. The summed E-state index contributed by atoms with van der Waals surface area (Å²) in [4.78, 5) is 29.7. The molecule has 0 saturated heterocycles. The molecule has 1 aliphatic heterocycles. The van der Waals surface area contributed by atoms with Crippen LogP contribution in [0.25, 0.3) is 10.9 Å². The standard InChI is InChI=1S/C21H18Cl2N2O4/c1-28-21(27)12-2-5-18-14(8-12)15-10-25(7-6-19(15)24-18)20(26)11-29-13-3-4-16(22)17(23)9-13/h2-5,8-9,24H,6-7,10-11H2,1H3. The van der Waals surface area contributed by atoms with Gasteiger partial charge in [0, 0.05) is 47.7 Å². The number of aromatic amines is 1. The summed E-state index contributed by atoms with van der Waals surface area (Å²) < 4.78 is 10.4. The van der Waals surface area contributed by atoms with Crippen LogP contribution in [0.4, 0.5) is 0 Å². The molecule has 1 aromatic heterocycles. The molecule has 8 heteroatoms. The molecular formula is C21H18Cl2N2O4. The summed E-state index contributed by atoms with van der Waals surface area (Å²) in [7, 11) is 1.35. The number of hydrogen-bond acceptors (Lipinski definition) is 4. The van der Waals surface area contributed by atoms with Gasteiger partial charge in [-0.15, -0.1) is 0 Å². The normalized spacial score (nSPS) is 13.3. The number of carbonyl (C=O) groups is 2. The van der Waals surface area contributed by atoms with Gasteiger partial charge in [-0.3, -0.25) is 4.79 Å². The topological polar surface area (TPSA) is 71.6 Å². The minimum absolute atomic E-state index is 0.0942. The first-order chi connectivity index (χ1) is 14.0. The van der Waals surface area contributed by atoms with E-state index in [2.05, 4.69) is 4.98 Å². The Kier molecular flexibility index (Phi) is 5.39. The quantitative estimate of drug-likeness (QED) is 0.626. The molecule has 0 saturated carbocycles. The molecule has 150 valence electrons. The lowest BCUT2D eigenvalue weighted by Gasteiger charge is -2.27. The van der Waals surface area contributed by atoms with Crippen LogP contribution in [0.15, 0.2) is 36.4 Å². The van der Waals surface area contributed by atoms with Crippen LogP contribution in [-0.4, -0.2) is 42.0 Å². The van der Waals surface area contributed by atoms with Gasteiger partial charge in [0.25, 0.3) is 5.91 Å². The number of nitrogens with zero attached hydrogens (tertiary/aromatic N) is 1. The Hall–Kier alpha value is -2.70. The maximum absolute atomic E-state index is 12.7. The molecule has 0 fully saturated rings. The molecule has 1 amide bonds. The number of carbonyl (C=O) groups excluding carboxylic acids is 2. The number of halogens is 2. The zero-order valence-corrected chi connectivity index (χ0v) is 17.1. The fourth-order valence-electron chi connectivity index (χ4n) is 3.47. The monoisotopic (exact) mass is 432 g/mol. The van der Waals surface area contributed by atoms with Gasteiger partial charge in [0.15, 0.2) is 6.61 Å². The van der Waals surface area contributed by atoms with Crippen LogP contribution in [0, 0.1) is 0 Å². The summed E-state index contributed by atoms with van der Waals surface area (Å²) in [6.45, 7) is 0.944. The molecule has 0 radical (unpaired) electrons. The van der Waals surface area contributed by atoms with Gasteiger partial charge in [0.05, 0.1) is 22.7 Å². The Morgan fingerprint density at radius 1 is 1.14 bits per heavy atom. The zero-order chi connectivity index (χ0) is 20.5. The number of aromatic nitrogens is 1. The summed E-state index contributed by atoms with van der Waals surface area (Å²) >= 11 is 11.9. The zero-order valence-electron chi connectivity index (χ0n) is 15.6. The third kappa shape index (κ3) is 3.91. The van der Waals surface area contributed by atoms with E-state index in [9.17, 15) is 9.59 Å². The van der Waals surface area contributed by atoms with Gasteiger partial charge >= 0.3 is 5.97 Å². The summed E-state index contributed by atoms with van der Waals surface area (Å²) in [6, 6.07) is 10.3. The van der Waals surface area contributed by atoms with E-state index in [0.29, 0.717) is 40.9 Å². The summed E-state index contributed by atoms with van der Waals surface area (Å²) in [5.41, 5.74) is 3.51. The molecular weight excluding hydrogens is 415 g/mol. The number of methoxy groups -OCH3 is 1. The van der Waals surface area contributed by atoms with Crippen molar-refractivity contribution in [1.82, 2.24) is 9.88 Å². The first-order valence-corrected chi connectivity index (χ1v) is 9.79. The van der Waals surface area contributed by atoms with Crippen molar-refractivity contribution in [2.24, 2.45) is 0 Å². The first-order valence-electron chi connectivity index (χ1n) is 9.03. The lowest BCUT2D eigenvalue weighted by atomic mass is 10.0. The average molecular weight is 433 g/mol. The number of ether oxygens (including phenoxy) is 2. The minimum Gasteiger partial charge on any atom is -0.484 e. The number of rotatable bonds is 4. The van der Waals surface area contributed by atoms with Gasteiger partial charge in [-0.25, -0.2) is 4.79 Å². The molecule has 4 rings (SSSR count). The molecule has 0 bridgehead atoms. The predicted molar refractivity (Wildman–Crippen MR) is 111 cm³/mol. The predicted octanol–water partition coefficient (Wildman–Crippen LogP) is 4.23. The van der Waals surface area contributed by atoms with Gasteiger partial charge in [-0.1, -0.05) is 23.2 Å². The van der Waals surface area contributed by atoms with Crippen LogP contribution in [0.5, 0.6) is 5.75 Å². The first kappa shape index (κ1) is 19.6. The van der Waals surface area contributed by atoms with Crippen LogP contribution in [0.1, 0.15) is 21.6 Å². The van der Waals surface area contributed by atoms with Crippen LogP contribution < -0.4 is 4.74 Å².